The molecule has 1 aliphatic heterocycles. The number of halogens is 2. The number of amides is 1. The molecule has 0 radical (unpaired) electrons. The van der Waals surface area contributed by atoms with Gasteiger partial charge in [0.05, 0.1) is 11.6 Å². The summed E-state index contributed by atoms with van der Waals surface area (Å²) in [5.74, 6) is -0.255. The molecule has 0 aromatic heterocycles. The molecule has 0 spiro atoms. The molecule has 1 unspecified atom stereocenters. The quantitative estimate of drug-likeness (QED) is 0.912. The van der Waals surface area contributed by atoms with Crippen molar-refractivity contribution >= 4 is 21.8 Å². The predicted molar refractivity (Wildman–Crippen MR) is 76.2 cm³/mol. The maximum Gasteiger partial charge on any atom is 0.256 e. The summed E-state index contributed by atoms with van der Waals surface area (Å²) in [5.41, 5.74) is 0.921. The van der Waals surface area contributed by atoms with Gasteiger partial charge >= 0.3 is 0 Å². The van der Waals surface area contributed by atoms with Crippen LogP contribution in [0.5, 0.6) is 5.75 Å². The summed E-state index contributed by atoms with van der Waals surface area (Å²) in [6, 6.07) is 11.7. The average Bonchev–Trinajstić information content (AvgIpc) is 2.82. The molecule has 20 heavy (non-hydrogen) atoms. The van der Waals surface area contributed by atoms with Crippen LogP contribution in [0.1, 0.15) is 22.0 Å². The molecule has 0 fully saturated rings. The first-order chi connectivity index (χ1) is 9.66. The van der Waals surface area contributed by atoms with Crippen LogP contribution in [0, 0.1) is 5.82 Å². The second kappa shape index (κ2) is 5.25. The molecule has 1 heterocycles. The van der Waals surface area contributed by atoms with Gasteiger partial charge in [0, 0.05) is 10.0 Å². The normalized spacial score (nSPS) is 16.4. The summed E-state index contributed by atoms with van der Waals surface area (Å²) in [5, 5.41) is 2.80. The lowest BCUT2D eigenvalue weighted by Gasteiger charge is -2.13. The Labute approximate surface area is 123 Å². The van der Waals surface area contributed by atoms with Crippen molar-refractivity contribution in [1.29, 1.82) is 0 Å². The van der Waals surface area contributed by atoms with E-state index in [1.54, 1.807) is 12.1 Å². The van der Waals surface area contributed by atoms with Gasteiger partial charge in [0.25, 0.3) is 5.91 Å². The van der Waals surface area contributed by atoms with Crippen molar-refractivity contribution in [2.75, 3.05) is 6.61 Å². The summed E-state index contributed by atoms with van der Waals surface area (Å²) >= 11 is 3.20. The first-order valence-electron chi connectivity index (χ1n) is 6.13. The Morgan fingerprint density at radius 2 is 2.05 bits per heavy atom. The van der Waals surface area contributed by atoms with Crippen LogP contribution in [-0.2, 0) is 0 Å². The van der Waals surface area contributed by atoms with Crippen LogP contribution in [0.15, 0.2) is 46.9 Å². The van der Waals surface area contributed by atoms with E-state index in [9.17, 15) is 9.18 Å². The highest BCUT2D eigenvalue weighted by molar-refractivity contribution is 9.10. The summed E-state index contributed by atoms with van der Waals surface area (Å²) in [6.07, 6.45) is 0. The molecule has 0 bridgehead atoms. The number of hydrogen-bond acceptors (Lipinski definition) is 2. The molecule has 3 nitrogen and oxygen atoms in total. The van der Waals surface area contributed by atoms with Crippen LogP contribution in [0.4, 0.5) is 4.39 Å². The number of carbonyl (C=O) groups is 1. The van der Waals surface area contributed by atoms with E-state index in [4.69, 9.17) is 4.74 Å². The summed E-state index contributed by atoms with van der Waals surface area (Å²) in [7, 11) is 0. The molecule has 1 amide bonds. The minimum absolute atomic E-state index is 0.0110. The first-order valence-corrected chi connectivity index (χ1v) is 6.92. The van der Waals surface area contributed by atoms with E-state index in [2.05, 4.69) is 21.2 Å². The number of fused-ring (bicyclic) bond motifs is 1. The Balaban J connectivity index is 1.85. The Morgan fingerprint density at radius 1 is 1.25 bits per heavy atom. The number of rotatable bonds is 2. The van der Waals surface area contributed by atoms with Crippen molar-refractivity contribution in [2.24, 2.45) is 0 Å². The van der Waals surface area contributed by atoms with Crippen LogP contribution in [0.3, 0.4) is 0 Å². The van der Waals surface area contributed by atoms with E-state index in [-0.39, 0.29) is 11.6 Å². The van der Waals surface area contributed by atoms with Crippen molar-refractivity contribution in [2.45, 2.75) is 6.04 Å². The smallest absolute Gasteiger partial charge is 0.256 e. The lowest BCUT2D eigenvalue weighted by molar-refractivity contribution is 0.0925. The Morgan fingerprint density at radius 3 is 2.85 bits per heavy atom. The molecule has 2 aromatic carbocycles. The van der Waals surface area contributed by atoms with Gasteiger partial charge in [0.15, 0.2) is 0 Å². The molecule has 1 N–H and O–H groups in total. The molecule has 1 aliphatic rings. The van der Waals surface area contributed by atoms with Gasteiger partial charge in [-0.25, -0.2) is 4.39 Å². The van der Waals surface area contributed by atoms with Crippen molar-refractivity contribution in [3.63, 3.8) is 0 Å². The number of hydrogen-bond donors (Lipinski definition) is 1. The average molecular weight is 336 g/mol. The highest BCUT2D eigenvalue weighted by atomic mass is 79.9. The van der Waals surface area contributed by atoms with Gasteiger partial charge in [-0.15, -0.1) is 0 Å². The fourth-order valence-corrected chi connectivity index (χ4v) is 2.75. The fraction of sp³-hybridized carbons (Fsp3) is 0.133. The zero-order chi connectivity index (χ0) is 14.1. The number of nitrogens with one attached hydrogen (secondary N) is 1. The number of ether oxygens (including phenoxy) is 1. The Kier molecular flexibility index (Phi) is 3.44. The topological polar surface area (TPSA) is 38.3 Å². The van der Waals surface area contributed by atoms with Gasteiger partial charge in [-0.3, -0.25) is 4.79 Å². The van der Waals surface area contributed by atoms with Crippen LogP contribution in [0.25, 0.3) is 0 Å². The van der Waals surface area contributed by atoms with Crippen LogP contribution >= 0.6 is 15.9 Å². The Hall–Kier alpha value is -1.88. The highest BCUT2D eigenvalue weighted by Crippen LogP contribution is 2.32. The lowest BCUT2D eigenvalue weighted by atomic mass is 10.1. The largest absolute Gasteiger partial charge is 0.491 e. The third-order valence-electron chi connectivity index (χ3n) is 3.20. The second-order valence-electron chi connectivity index (χ2n) is 4.47. The van der Waals surface area contributed by atoms with E-state index < -0.39 is 11.7 Å². The molecule has 0 saturated carbocycles. The molecular formula is C15H11BrFNO2. The number of para-hydroxylation sites is 1. The van der Waals surface area contributed by atoms with Crippen LogP contribution in [0.2, 0.25) is 0 Å². The predicted octanol–water partition coefficient (Wildman–Crippen LogP) is 3.45. The van der Waals surface area contributed by atoms with Gasteiger partial charge in [-0.05, 0) is 34.1 Å². The molecule has 0 aliphatic carbocycles. The highest BCUT2D eigenvalue weighted by Gasteiger charge is 2.27. The van der Waals surface area contributed by atoms with E-state index >= 15 is 0 Å². The minimum atomic E-state index is -0.552. The minimum Gasteiger partial charge on any atom is -0.491 e. The third kappa shape index (κ3) is 2.29. The monoisotopic (exact) mass is 335 g/mol. The molecule has 3 rings (SSSR count). The lowest BCUT2D eigenvalue weighted by Crippen LogP contribution is -2.30. The van der Waals surface area contributed by atoms with Crippen molar-refractivity contribution in [3.8, 4) is 5.75 Å². The van der Waals surface area contributed by atoms with Gasteiger partial charge in [-0.2, -0.15) is 0 Å². The summed E-state index contributed by atoms with van der Waals surface area (Å²) in [6.45, 7) is 0.358. The maximum atomic E-state index is 13.7. The van der Waals surface area contributed by atoms with Crippen molar-refractivity contribution < 1.29 is 13.9 Å². The first kappa shape index (κ1) is 13.1. The van der Waals surface area contributed by atoms with E-state index in [1.165, 1.54) is 6.07 Å². The summed E-state index contributed by atoms with van der Waals surface area (Å²) < 4.78 is 19.7. The fourth-order valence-electron chi connectivity index (χ4n) is 2.23. The second-order valence-corrected chi connectivity index (χ2v) is 5.33. The van der Waals surface area contributed by atoms with E-state index in [1.807, 2.05) is 24.3 Å². The Bertz CT molecular complexity index is 654. The zero-order valence-corrected chi connectivity index (χ0v) is 12.0. The van der Waals surface area contributed by atoms with Gasteiger partial charge in [0.2, 0.25) is 0 Å². The SMILES string of the molecule is O=C(NC1COc2ccccc21)c1c(F)cccc1Br. The zero-order valence-electron chi connectivity index (χ0n) is 10.4. The molecule has 0 saturated heterocycles. The van der Waals surface area contributed by atoms with Gasteiger partial charge < -0.3 is 10.1 Å². The number of benzene rings is 2. The number of carbonyl (C=O) groups excluding carboxylic acids is 1. The van der Waals surface area contributed by atoms with Gasteiger partial charge in [-0.1, -0.05) is 24.3 Å². The van der Waals surface area contributed by atoms with Crippen LogP contribution < -0.4 is 10.1 Å². The van der Waals surface area contributed by atoms with Crippen LogP contribution in [-0.4, -0.2) is 12.5 Å². The van der Waals surface area contributed by atoms with E-state index in [0.29, 0.717) is 11.1 Å². The molecule has 102 valence electrons. The standard InChI is InChI=1S/C15H11BrFNO2/c16-10-5-3-6-11(17)14(10)15(19)18-12-8-20-13-7-2-1-4-9(12)13/h1-7,12H,8H2,(H,18,19). The van der Waals surface area contributed by atoms with Crippen molar-refractivity contribution in [1.82, 2.24) is 5.32 Å². The molecule has 5 heteroatoms. The molecule has 2 aromatic rings. The van der Waals surface area contributed by atoms with E-state index in [0.717, 1.165) is 11.3 Å². The summed E-state index contributed by atoms with van der Waals surface area (Å²) in [4.78, 5) is 12.2. The maximum absolute atomic E-state index is 13.7. The molecular weight excluding hydrogens is 325 g/mol. The third-order valence-corrected chi connectivity index (χ3v) is 3.86. The van der Waals surface area contributed by atoms with Crippen molar-refractivity contribution in [3.05, 3.63) is 63.9 Å². The van der Waals surface area contributed by atoms with Gasteiger partial charge in [0.1, 0.15) is 18.2 Å². The molecule has 1 atom stereocenters.